The van der Waals surface area contributed by atoms with Gasteiger partial charge in [0.2, 0.25) is 0 Å². The molecule has 0 fully saturated rings. The van der Waals surface area contributed by atoms with E-state index in [-0.39, 0.29) is 11.3 Å². The number of ether oxygens (including phenoxy) is 2. The number of nitriles is 1. The minimum atomic E-state index is -0.138. The summed E-state index contributed by atoms with van der Waals surface area (Å²) in [5.74, 6) is 1.12. The Labute approximate surface area is 110 Å². The molecule has 0 aliphatic carbocycles. The van der Waals surface area contributed by atoms with Crippen LogP contribution >= 0.6 is 0 Å². The van der Waals surface area contributed by atoms with E-state index in [1.54, 1.807) is 32.4 Å². The first-order valence-electron chi connectivity index (χ1n) is 5.50. The zero-order valence-electron chi connectivity index (χ0n) is 10.5. The standard InChI is InChI=1S/C14H12N2O3/c1-18-11-3-9(4-12(6-11)19-2)13-5-10(7-15)14(17)8-16-13/h3-6,8,17H,1-2H3. The lowest BCUT2D eigenvalue weighted by Crippen LogP contribution is -1.91. The first-order valence-corrected chi connectivity index (χ1v) is 5.50. The Morgan fingerprint density at radius 2 is 1.74 bits per heavy atom. The van der Waals surface area contributed by atoms with Crippen molar-refractivity contribution in [3.63, 3.8) is 0 Å². The van der Waals surface area contributed by atoms with Crippen LogP contribution in [0.15, 0.2) is 30.5 Å². The van der Waals surface area contributed by atoms with Crippen molar-refractivity contribution in [3.8, 4) is 34.6 Å². The average Bonchev–Trinajstić information content (AvgIpc) is 2.47. The maximum absolute atomic E-state index is 9.45. The van der Waals surface area contributed by atoms with Gasteiger partial charge in [-0.25, -0.2) is 0 Å². The van der Waals surface area contributed by atoms with Crippen molar-refractivity contribution in [2.24, 2.45) is 0 Å². The van der Waals surface area contributed by atoms with Crippen molar-refractivity contribution >= 4 is 0 Å². The number of benzene rings is 1. The minimum absolute atomic E-state index is 0.138. The molecule has 1 heterocycles. The summed E-state index contributed by atoms with van der Waals surface area (Å²) in [7, 11) is 3.12. The Morgan fingerprint density at radius 3 is 2.26 bits per heavy atom. The normalized spacial score (nSPS) is 9.74. The molecule has 96 valence electrons. The van der Waals surface area contributed by atoms with Crippen molar-refractivity contribution < 1.29 is 14.6 Å². The summed E-state index contributed by atoms with van der Waals surface area (Å²) in [4.78, 5) is 4.10. The van der Waals surface area contributed by atoms with Crippen LogP contribution in [0.5, 0.6) is 17.2 Å². The lowest BCUT2D eigenvalue weighted by Gasteiger charge is -2.08. The summed E-state index contributed by atoms with van der Waals surface area (Å²) in [6, 6.07) is 8.73. The van der Waals surface area contributed by atoms with Crippen LogP contribution in [-0.4, -0.2) is 24.3 Å². The molecule has 0 radical (unpaired) electrons. The molecule has 0 saturated heterocycles. The molecule has 2 rings (SSSR count). The fraction of sp³-hybridized carbons (Fsp3) is 0.143. The van der Waals surface area contributed by atoms with Gasteiger partial charge in [-0.2, -0.15) is 5.26 Å². The van der Waals surface area contributed by atoms with Crippen LogP contribution in [0.3, 0.4) is 0 Å². The number of methoxy groups -OCH3 is 2. The highest BCUT2D eigenvalue weighted by Crippen LogP contribution is 2.30. The van der Waals surface area contributed by atoms with E-state index in [0.29, 0.717) is 17.2 Å². The molecule has 5 heteroatoms. The van der Waals surface area contributed by atoms with Crippen LogP contribution in [0, 0.1) is 11.3 Å². The molecule has 1 aromatic heterocycles. The molecule has 0 atom stereocenters. The number of aromatic hydroxyl groups is 1. The van der Waals surface area contributed by atoms with Gasteiger partial charge in [-0.1, -0.05) is 0 Å². The lowest BCUT2D eigenvalue weighted by molar-refractivity contribution is 0.394. The van der Waals surface area contributed by atoms with E-state index in [0.717, 1.165) is 5.56 Å². The van der Waals surface area contributed by atoms with Crippen LogP contribution < -0.4 is 9.47 Å². The van der Waals surface area contributed by atoms with Gasteiger partial charge >= 0.3 is 0 Å². The van der Waals surface area contributed by atoms with Crippen molar-refractivity contribution in [2.75, 3.05) is 14.2 Å². The third-order valence-corrected chi connectivity index (χ3v) is 2.65. The van der Waals surface area contributed by atoms with Gasteiger partial charge < -0.3 is 14.6 Å². The molecule has 0 saturated carbocycles. The number of pyridine rings is 1. The first kappa shape index (κ1) is 12.7. The van der Waals surface area contributed by atoms with Crippen molar-refractivity contribution in [1.82, 2.24) is 4.98 Å². The maximum Gasteiger partial charge on any atom is 0.151 e. The fourth-order valence-electron chi connectivity index (χ4n) is 1.65. The summed E-state index contributed by atoms with van der Waals surface area (Å²) in [6.07, 6.45) is 1.25. The summed E-state index contributed by atoms with van der Waals surface area (Å²) >= 11 is 0. The second kappa shape index (κ2) is 5.27. The van der Waals surface area contributed by atoms with Crippen LogP contribution in [0.2, 0.25) is 0 Å². The molecule has 0 bridgehead atoms. The Hall–Kier alpha value is -2.74. The van der Waals surface area contributed by atoms with E-state index in [4.69, 9.17) is 14.7 Å². The third-order valence-electron chi connectivity index (χ3n) is 2.65. The average molecular weight is 256 g/mol. The van der Waals surface area contributed by atoms with E-state index in [1.165, 1.54) is 12.3 Å². The Bertz CT molecular complexity index is 625. The van der Waals surface area contributed by atoms with Crippen molar-refractivity contribution in [2.45, 2.75) is 0 Å². The zero-order valence-corrected chi connectivity index (χ0v) is 10.5. The number of hydrogen-bond acceptors (Lipinski definition) is 5. The quantitative estimate of drug-likeness (QED) is 0.912. The number of aromatic nitrogens is 1. The SMILES string of the molecule is COc1cc(OC)cc(-c2cc(C#N)c(O)cn2)c1. The summed E-state index contributed by atoms with van der Waals surface area (Å²) in [6.45, 7) is 0. The highest BCUT2D eigenvalue weighted by Gasteiger charge is 2.08. The Morgan fingerprint density at radius 1 is 1.11 bits per heavy atom. The van der Waals surface area contributed by atoms with Gasteiger partial charge in [-0.05, 0) is 18.2 Å². The predicted octanol–water partition coefficient (Wildman–Crippen LogP) is 2.34. The zero-order chi connectivity index (χ0) is 13.8. The van der Waals surface area contributed by atoms with Gasteiger partial charge in [-0.15, -0.1) is 0 Å². The summed E-state index contributed by atoms with van der Waals surface area (Å²) in [5, 5.41) is 18.4. The van der Waals surface area contributed by atoms with E-state index >= 15 is 0 Å². The molecule has 0 unspecified atom stereocenters. The lowest BCUT2D eigenvalue weighted by atomic mass is 10.1. The second-order valence-corrected chi connectivity index (χ2v) is 3.80. The van der Waals surface area contributed by atoms with Crippen LogP contribution in [0.4, 0.5) is 0 Å². The van der Waals surface area contributed by atoms with Crippen LogP contribution in [0.25, 0.3) is 11.3 Å². The highest BCUT2D eigenvalue weighted by atomic mass is 16.5. The van der Waals surface area contributed by atoms with E-state index < -0.39 is 0 Å². The first-order chi connectivity index (χ1) is 9.17. The van der Waals surface area contributed by atoms with E-state index in [2.05, 4.69) is 4.98 Å². The van der Waals surface area contributed by atoms with Gasteiger partial charge in [0.1, 0.15) is 17.6 Å². The monoisotopic (exact) mass is 256 g/mol. The van der Waals surface area contributed by atoms with Gasteiger partial charge in [0.05, 0.1) is 31.7 Å². The van der Waals surface area contributed by atoms with Crippen LogP contribution in [-0.2, 0) is 0 Å². The largest absolute Gasteiger partial charge is 0.505 e. The summed E-state index contributed by atoms with van der Waals surface area (Å²) < 4.78 is 10.4. The fourth-order valence-corrected chi connectivity index (χ4v) is 1.65. The molecule has 0 aliphatic rings. The second-order valence-electron chi connectivity index (χ2n) is 3.80. The third kappa shape index (κ3) is 2.58. The molecule has 0 amide bonds. The molecule has 19 heavy (non-hydrogen) atoms. The number of hydrogen-bond donors (Lipinski definition) is 1. The van der Waals surface area contributed by atoms with Gasteiger partial charge in [0.25, 0.3) is 0 Å². The highest BCUT2D eigenvalue weighted by molar-refractivity contribution is 5.66. The molecule has 0 spiro atoms. The van der Waals surface area contributed by atoms with Gasteiger partial charge in [-0.3, -0.25) is 4.98 Å². The number of rotatable bonds is 3. The molecular formula is C14H12N2O3. The molecule has 5 nitrogen and oxygen atoms in total. The van der Waals surface area contributed by atoms with Crippen molar-refractivity contribution in [1.29, 1.82) is 5.26 Å². The molecule has 0 aliphatic heterocycles. The topological polar surface area (TPSA) is 75.4 Å². The Balaban J connectivity index is 2.55. The molecular weight excluding hydrogens is 244 g/mol. The predicted molar refractivity (Wildman–Crippen MR) is 69.2 cm³/mol. The van der Waals surface area contributed by atoms with Gasteiger partial charge in [0.15, 0.2) is 5.75 Å². The summed E-state index contributed by atoms with van der Waals surface area (Å²) in [5.41, 5.74) is 1.48. The Kier molecular flexibility index (Phi) is 3.53. The van der Waals surface area contributed by atoms with E-state index in [9.17, 15) is 5.11 Å². The van der Waals surface area contributed by atoms with Gasteiger partial charge in [0, 0.05) is 11.6 Å². The number of nitrogens with zero attached hydrogens (tertiary/aromatic N) is 2. The minimum Gasteiger partial charge on any atom is -0.505 e. The molecule has 1 aromatic carbocycles. The smallest absolute Gasteiger partial charge is 0.151 e. The molecule has 2 aromatic rings. The van der Waals surface area contributed by atoms with Crippen molar-refractivity contribution in [3.05, 3.63) is 36.0 Å². The maximum atomic E-state index is 9.45. The molecule has 1 N–H and O–H groups in total. The van der Waals surface area contributed by atoms with Crippen LogP contribution in [0.1, 0.15) is 5.56 Å². The van der Waals surface area contributed by atoms with E-state index in [1.807, 2.05) is 6.07 Å².